The van der Waals surface area contributed by atoms with E-state index in [1.165, 1.54) is 6.07 Å². The number of rotatable bonds is 8. The molecule has 0 bridgehead atoms. The highest BCUT2D eigenvalue weighted by Crippen LogP contribution is 2.24. The Morgan fingerprint density at radius 1 is 1.24 bits per heavy atom. The van der Waals surface area contributed by atoms with Crippen LogP contribution in [0.15, 0.2) is 42.5 Å². The molecular weight excluding hydrogens is 331 g/mol. The molecule has 0 aliphatic heterocycles. The summed E-state index contributed by atoms with van der Waals surface area (Å²) in [5.41, 5.74) is -0.411. The predicted molar refractivity (Wildman–Crippen MR) is 89.4 cm³/mol. The molecule has 0 atom stereocenters. The zero-order valence-corrected chi connectivity index (χ0v) is 13.5. The fourth-order valence-corrected chi connectivity index (χ4v) is 2.05. The van der Waals surface area contributed by atoms with Gasteiger partial charge in [-0.05, 0) is 25.1 Å². The van der Waals surface area contributed by atoms with Crippen molar-refractivity contribution in [1.29, 1.82) is 0 Å². The summed E-state index contributed by atoms with van der Waals surface area (Å²) >= 11 is 0. The second kappa shape index (κ2) is 8.74. The average Bonchev–Trinajstić information content (AvgIpc) is 2.60. The van der Waals surface area contributed by atoms with Gasteiger partial charge in [0.1, 0.15) is 18.2 Å². The molecule has 8 heteroatoms. The van der Waals surface area contributed by atoms with Crippen LogP contribution in [-0.4, -0.2) is 30.7 Å². The molecule has 0 heterocycles. The van der Waals surface area contributed by atoms with Crippen LogP contribution in [0.2, 0.25) is 0 Å². The third kappa shape index (κ3) is 4.98. The van der Waals surface area contributed by atoms with Gasteiger partial charge in [0.05, 0.1) is 22.8 Å². The monoisotopic (exact) mass is 348 g/mol. The molecule has 0 unspecified atom stereocenters. The summed E-state index contributed by atoms with van der Waals surface area (Å²) in [6.07, 6.45) is 0. The molecule has 0 fully saturated rings. The van der Waals surface area contributed by atoms with Crippen LogP contribution in [0.25, 0.3) is 0 Å². The van der Waals surface area contributed by atoms with Crippen molar-refractivity contribution in [3.63, 3.8) is 0 Å². The van der Waals surface area contributed by atoms with Gasteiger partial charge >= 0.3 is 0 Å². The van der Waals surface area contributed by atoms with Crippen molar-refractivity contribution >= 4 is 17.3 Å². The summed E-state index contributed by atoms with van der Waals surface area (Å²) in [5.74, 6) is -1.09. The molecule has 0 saturated carbocycles. The van der Waals surface area contributed by atoms with Crippen LogP contribution in [0.1, 0.15) is 17.3 Å². The van der Waals surface area contributed by atoms with E-state index < -0.39 is 16.6 Å². The van der Waals surface area contributed by atoms with Gasteiger partial charge in [-0.3, -0.25) is 14.9 Å². The van der Waals surface area contributed by atoms with Gasteiger partial charge in [0.25, 0.3) is 11.6 Å². The Balaban J connectivity index is 2.16. The fourth-order valence-electron chi connectivity index (χ4n) is 2.05. The second-order valence-corrected chi connectivity index (χ2v) is 4.92. The number of carbonyl (C=O) groups excluding carboxylic acids is 1. The van der Waals surface area contributed by atoms with E-state index in [0.29, 0.717) is 19.0 Å². The lowest BCUT2D eigenvalue weighted by Crippen LogP contribution is -2.16. The number of nitrogens with one attached hydrogen (secondary N) is 1. The molecule has 2 rings (SSSR count). The first-order valence-corrected chi connectivity index (χ1v) is 7.57. The molecular formula is C17H17FN2O5. The minimum atomic E-state index is -0.770. The maximum Gasteiger partial charge on any atom is 0.271 e. The number of ether oxygens (including phenoxy) is 2. The number of amides is 1. The van der Waals surface area contributed by atoms with E-state index in [2.05, 4.69) is 5.32 Å². The largest absolute Gasteiger partial charge is 0.490 e. The van der Waals surface area contributed by atoms with Crippen molar-refractivity contribution in [3.8, 4) is 5.75 Å². The van der Waals surface area contributed by atoms with Crippen molar-refractivity contribution < 1.29 is 23.6 Å². The van der Waals surface area contributed by atoms with Gasteiger partial charge in [-0.25, -0.2) is 4.39 Å². The standard InChI is InChI=1S/C17H17FN2O5/c1-2-24-9-10-25-16-6-4-3-5-13(16)17(21)19-15-11-12(20(22)23)7-8-14(15)18/h3-8,11H,2,9-10H2,1H3,(H,19,21). The summed E-state index contributed by atoms with van der Waals surface area (Å²) in [7, 11) is 0. The highest BCUT2D eigenvalue weighted by molar-refractivity contribution is 6.06. The molecule has 2 aromatic rings. The maximum atomic E-state index is 13.8. The second-order valence-electron chi connectivity index (χ2n) is 4.92. The third-order valence-electron chi connectivity index (χ3n) is 3.23. The summed E-state index contributed by atoms with van der Waals surface area (Å²) in [6.45, 7) is 3.03. The van der Waals surface area contributed by atoms with Gasteiger partial charge in [0, 0.05) is 18.7 Å². The molecule has 0 radical (unpaired) electrons. The zero-order valence-electron chi connectivity index (χ0n) is 13.5. The quantitative estimate of drug-likeness (QED) is 0.448. The maximum absolute atomic E-state index is 13.8. The number of nitro groups is 1. The Bertz CT molecular complexity index is 766. The van der Waals surface area contributed by atoms with Crippen LogP contribution in [0, 0.1) is 15.9 Å². The Kier molecular flexibility index (Phi) is 6.41. The first-order valence-electron chi connectivity index (χ1n) is 7.57. The lowest BCUT2D eigenvalue weighted by atomic mass is 10.1. The summed E-state index contributed by atoms with van der Waals surface area (Å²) in [4.78, 5) is 22.5. The van der Waals surface area contributed by atoms with Gasteiger partial charge in [-0.15, -0.1) is 0 Å². The first-order chi connectivity index (χ1) is 12.0. The predicted octanol–water partition coefficient (Wildman–Crippen LogP) is 3.40. The minimum absolute atomic E-state index is 0.185. The van der Waals surface area contributed by atoms with Crippen LogP contribution in [0.5, 0.6) is 5.75 Å². The number of nitrogens with zero attached hydrogens (tertiary/aromatic N) is 1. The number of hydrogen-bond acceptors (Lipinski definition) is 5. The number of para-hydroxylation sites is 1. The summed E-state index contributed by atoms with van der Waals surface area (Å²) in [5, 5.41) is 13.1. The van der Waals surface area contributed by atoms with Crippen molar-refractivity contribution in [2.75, 3.05) is 25.1 Å². The van der Waals surface area contributed by atoms with Gasteiger partial charge in [0.2, 0.25) is 0 Å². The molecule has 0 aromatic heterocycles. The van der Waals surface area contributed by atoms with E-state index in [0.717, 1.165) is 18.2 Å². The number of non-ortho nitro benzene ring substituents is 1. The SMILES string of the molecule is CCOCCOc1ccccc1C(=O)Nc1cc([N+](=O)[O-])ccc1F. The molecule has 25 heavy (non-hydrogen) atoms. The normalized spacial score (nSPS) is 10.3. The average molecular weight is 348 g/mol. The molecule has 2 aromatic carbocycles. The Morgan fingerprint density at radius 3 is 2.72 bits per heavy atom. The van der Waals surface area contributed by atoms with Crippen LogP contribution < -0.4 is 10.1 Å². The Morgan fingerprint density at radius 2 is 2.00 bits per heavy atom. The molecule has 0 saturated heterocycles. The highest BCUT2D eigenvalue weighted by atomic mass is 19.1. The molecule has 0 aliphatic rings. The molecule has 7 nitrogen and oxygen atoms in total. The number of halogens is 1. The fraction of sp³-hybridized carbons (Fsp3) is 0.235. The molecule has 0 aliphatic carbocycles. The van der Waals surface area contributed by atoms with E-state index in [1.807, 2.05) is 6.92 Å². The molecule has 132 valence electrons. The van der Waals surface area contributed by atoms with E-state index in [9.17, 15) is 19.3 Å². The number of hydrogen-bond donors (Lipinski definition) is 1. The Hall–Kier alpha value is -3.00. The summed E-state index contributed by atoms with van der Waals surface area (Å²) in [6, 6.07) is 9.36. The smallest absolute Gasteiger partial charge is 0.271 e. The van der Waals surface area contributed by atoms with E-state index >= 15 is 0 Å². The van der Waals surface area contributed by atoms with Gasteiger partial charge in [-0.1, -0.05) is 12.1 Å². The zero-order chi connectivity index (χ0) is 18.2. The van der Waals surface area contributed by atoms with Crippen LogP contribution in [-0.2, 0) is 4.74 Å². The van der Waals surface area contributed by atoms with Crippen LogP contribution in [0.3, 0.4) is 0 Å². The molecule has 1 amide bonds. The van der Waals surface area contributed by atoms with E-state index in [-0.39, 0.29) is 23.5 Å². The summed E-state index contributed by atoms with van der Waals surface area (Å²) < 4.78 is 24.5. The van der Waals surface area contributed by atoms with Gasteiger partial charge in [-0.2, -0.15) is 0 Å². The van der Waals surface area contributed by atoms with Gasteiger partial charge in [0.15, 0.2) is 0 Å². The Labute approximate surface area is 143 Å². The first kappa shape index (κ1) is 18.3. The minimum Gasteiger partial charge on any atom is -0.490 e. The highest BCUT2D eigenvalue weighted by Gasteiger charge is 2.16. The van der Waals surface area contributed by atoms with E-state index in [4.69, 9.17) is 9.47 Å². The lowest BCUT2D eigenvalue weighted by molar-refractivity contribution is -0.384. The third-order valence-corrected chi connectivity index (χ3v) is 3.23. The van der Waals surface area contributed by atoms with Crippen molar-refractivity contribution in [1.82, 2.24) is 0 Å². The molecule has 1 N–H and O–H groups in total. The van der Waals surface area contributed by atoms with Crippen molar-refractivity contribution in [2.45, 2.75) is 6.92 Å². The number of nitro benzene ring substituents is 1. The van der Waals surface area contributed by atoms with Crippen LogP contribution >= 0.6 is 0 Å². The number of carbonyl (C=O) groups is 1. The van der Waals surface area contributed by atoms with Crippen molar-refractivity contribution in [3.05, 3.63) is 64.0 Å². The van der Waals surface area contributed by atoms with Crippen LogP contribution in [0.4, 0.5) is 15.8 Å². The molecule has 0 spiro atoms. The number of anilines is 1. The van der Waals surface area contributed by atoms with Crippen molar-refractivity contribution in [2.24, 2.45) is 0 Å². The van der Waals surface area contributed by atoms with E-state index in [1.54, 1.807) is 18.2 Å². The van der Waals surface area contributed by atoms with Gasteiger partial charge < -0.3 is 14.8 Å². The topological polar surface area (TPSA) is 90.7 Å². The number of benzene rings is 2. The lowest BCUT2D eigenvalue weighted by Gasteiger charge is -2.12.